The molecule has 7 nitrogen and oxygen atoms in total. The van der Waals surface area contributed by atoms with Gasteiger partial charge in [-0.3, -0.25) is 4.79 Å². The highest BCUT2D eigenvalue weighted by Crippen LogP contribution is 2.41. The Hall–Kier alpha value is -2.57. The number of carbonyl (C=O) groups is 1. The summed E-state index contributed by atoms with van der Waals surface area (Å²) in [5.41, 5.74) is 0.904. The van der Waals surface area contributed by atoms with Gasteiger partial charge in [-0.2, -0.15) is 15.0 Å². The number of ether oxygens (including phenoxy) is 2. The summed E-state index contributed by atoms with van der Waals surface area (Å²) in [4.78, 5) is 16.1. The van der Waals surface area contributed by atoms with Crippen LogP contribution in [0.5, 0.6) is 11.5 Å². The normalized spacial score (nSPS) is 19.1. The minimum absolute atomic E-state index is 0.00624. The van der Waals surface area contributed by atoms with Crippen LogP contribution in [0.3, 0.4) is 0 Å². The smallest absolute Gasteiger partial charge is 0.260 e. The summed E-state index contributed by atoms with van der Waals surface area (Å²) in [6.45, 7) is 5.54. The molecule has 7 heteroatoms. The lowest BCUT2D eigenvalue weighted by Crippen LogP contribution is -2.41. The fraction of sp³-hybridized carbons (Fsp3) is 0.526. The Balaban J connectivity index is 1.32. The van der Waals surface area contributed by atoms with Crippen molar-refractivity contribution in [1.82, 2.24) is 19.9 Å². The molecule has 0 radical (unpaired) electrons. The highest BCUT2D eigenvalue weighted by molar-refractivity contribution is 5.78. The van der Waals surface area contributed by atoms with Gasteiger partial charge in [0.1, 0.15) is 5.60 Å². The number of hydrogen-bond donors (Lipinski definition) is 0. The molecule has 26 heavy (non-hydrogen) atoms. The first kappa shape index (κ1) is 16.9. The molecular weight excluding hydrogens is 332 g/mol. The van der Waals surface area contributed by atoms with Gasteiger partial charge in [0.2, 0.25) is 0 Å². The van der Waals surface area contributed by atoms with E-state index in [0.29, 0.717) is 18.8 Å². The monoisotopic (exact) mass is 356 g/mol. The number of hydrogen-bond acceptors (Lipinski definition) is 5. The van der Waals surface area contributed by atoms with Crippen LogP contribution in [0, 0.1) is 0 Å². The van der Waals surface area contributed by atoms with Gasteiger partial charge in [-0.1, -0.05) is 12.1 Å². The summed E-state index contributed by atoms with van der Waals surface area (Å²) >= 11 is 0. The SMILES string of the molecule is CC1(C)Cc2cccc(OCC(=O)N3CCC(n4nccn4)CC3)c2O1. The molecule has 1 aromatic carbocycles. The molecule has 138 valence electrons. The second kappa shape index (κ2) is 6.63. The Kier molecular flexibility index (Phi) is 4.30. The van der Waals surface area contributed by atoms with Crippen molar-refractivity contribution in [3.8, 4) is 11.5 Å². The van der Waals surface area contributed by atoms with E-state index in [2.05, 4.69) is 24.0 Å². The van der Waals surface area contributed by atoms with E-state index in [1.807, 2.05) is 23.1 Å². The van der Waals surface area contributed by atoms with Crippen molar-refractivity contribution in [2.75, 3.05) is 19.7 Å². The van der Waals surface area contributed by atoms with Crippen molar-refractivity contribution in [2.45, 2.75) is 44.8 Å². The molecule has 0 aliphatic carbocycles. The molecule has 1 saturated heterocycles. The average molecular weight is 356 g/mol. The number of likely N-dealkylation sites (tertiary alicyclic amines) is 1. The van der Waals surface area contributed by atoms with Gasteiger partial charge in [-0.05, 0) is 32.8 Å². The number of carbonyl (C=O) groups excluding carboxylic acids is 1. The second-order valence-corrected chi connectivity index (χ2v) is 7.53. The van der Waals surface area contributed by atoms with Gasteiger partial charge in [0.15, 0.2) is 18.1 Å². The van der Waals surface area contributed by atoms with Crippen LogP contribution >= 0.6 is 0 Å². The standard InChI is InChI=1S/C19H24N4O3/c1-19(2)12-14-4-3-5-16(18(14)26-19)25-13-17(24)22-10-6-15(7-11-22)23-20-8-9-21-23/h3-5,8-9,15H,6-7,10-13H2,1-2H3. The van der Waals surface area contributed by atoms with Crippen LogP contribution in [-0.4, -0.2) is 51.1 Å². The van der Waals surface area contributed by atoms with Crippen molar-refractivity contribution >= 4 is 5.91 Å². The maximum atomic E-state index is 12.5. The highest BCUT2D eigenvalue weighted by Gasteiger charge is 2.32. The van der Waals surface area contributed by atoms with E-state index in [4.69, 9.17) is 9.47 Å². The molecule has 0 saturated carbocycles. The van der Waals surface area contributed by atoms with Crippen molar-refractivity contribution in [1.29, 1.82) is 0 Å². The first-order chi connectivity index (χ1) is 12.5. The second-order valence-electron chi connectivity index (χ2n) is 7.53. The van der Waals surface area contributed by atoms with Gasteiger partial charge in [-0.25, -0.2) is 0 Å². The average Bonchev–Trinajstić information content (AvgIpc) is 3.26. The number of rotatable bonds is 4. The molecule has 0 spiro atoms. The number of nitrogens with zero attached hydrogens (tertiary/aromatic N) is 4. The molecule has 2 aromatic rings. The van der Waals surface area contributed by atoms with Crippen LogP contribution in [0.1, 0.15) is 38.3 Å². The molecule has 0 atom stereocenters. The fourth-order valence-electron chi connectivity index (χ4n) is 3.69. The van der Waals surface area contributed by atoms with Crippen LogP contribution < -0.4 is 9.47 Å². The van der Waals surface area contributed by atoms with Crippen LogP contribution in [0.15, 0.2) is 30.6 Å². The Morgan fingerprint density at radius 2 is 2.00 bits per heavy atom. The Bertz CT molecular complexity index is 780. The predicted molar refractivity (Wildman–Crippen MR) is 95.2 cm³/mol. The van der Waals surface area contributed by atoms with Crippen LogP contribution in [0.2, 0.25) is 0 Å². The zero-order valence-electron chi connectivity index (χ0n) is 15.2. The third kappa shape index (κ3) is 3.38. The fourth-order valence-corrected chi connectivity index (χ4v) is 3.69. The number of fused-ring (bicyclic) bond motifs is 1. The van der Waals surface area contributed by atoms with Crippen molar-refractivity contribution in [3.63, 3.8) is 0 Å². The zero-order chi connectivity index (χ0) is 18.1. The summed E-state index contributed by atoms with van der Waals surface area (Å²) in [6.07, 6.45) is 5.94. The van der Waals surface area contributed by atoms with Gasteiger partial charge in [-0.15, -0.1) is 0 Å². The van der Waals surface area contributed by atoms with Crippen LogP contribution in [0.25, 0.3) is 0 Å². The number of para-hydroxylation sites is 1. The maximum Gasteiger partial charge on any atom is 0.260 e. The maximum absolute atomic E-state index is 12.5. The van der Waals surface area contributed by atoms with E-state index in [9.17, 15) is 4.79 Å². The van der Waals surface area contributed by atoms with Crippen molar-refractivity contribution in [2.24, 2.45) is 0 Å². The van der Waals surface area contributed by atoms with Crippen LogP contribution in [0.4, 0.5) is 0 Å². The van der Waals surface area contributed by atoms with Crippen molar-refractivity contribution < 1.29 is 14.3 Å². The van der Waals surface area contributed by atoms with E-state index in [-0.39, 0.29) is 24.2 Å². The molecule has 0 N–H and O–H groups in total. The minimum atomic E-state index is -0.228. The van der Waals surface area contributed by atoms with E-state index in [1.54, 1.807) is 17.2 Å². The number of piperidine rings is 1. The molecule has 2 aliphatic rings. The molecule has 0 unspecified atom stereocenters. The number of aromatic nitrogens is 3. The van der Waals surface area contributed by atoms with Gasteiger partial charge in [0.05, 0.1) is 18.4 Å². The lowest BCUT2D eigenvalue weighted by atomic mass is 10.0. The first-order valence-electron chi connectivity index (χ1n) is 9.09. The molecule has 1 fully saturated rings. The number of benzene rings is 1. The topological polar surface area (TPSA) is 69.5 Å². The van der Waals surface area contributed by atoms with Gasteiger partial charge in [0, 0.05) is 25.1 Å². The summed E-state index contributed by atoms with van der Waals surface area (Å²) < 4.78 is 11.8. The van der Waals surface area contributed by atoms with E-state index in [1.165, 1.54) is 0 Å². The quantitative estimate of drug-likeness (QED) is 0.840. The van der Waals surface area contributed by atoms with Gasteiger partial charge in [0.25, 0.3) is 5.91 Å². The zero-order valence-corrected chi connectivity index (χ0v) is 15.2. The number of amides is 1. The summed E-state index contributed by atoms with van der Waals surface area (Å²) in [5.74, 6) is 1.43. The lowest BCUT2D eigenvalue weighted by Gasteiger charge is -2.31. The Morgan fingerprint density at radius 1 is 1.27 bits per heavy atom. The van der Waals surface area contributed by atoms with Gasteiger partial charge >= 0.3 is 0 Å². The van der Waals surface area contributed by atoms with E-state index < -0.39 is 0 Å². The molecule has 2 aliphatic heterocycles. The molecule has 4 rings (SSSR count). The molecule has 1 aromatic heterocycles. The van der Waals surface area contributed by atoms with Gasteiger partial charge < -0.3 is 14.4 Å². The van der Waals surface area contributed by atoms with E-state index >= 15 is 0 Å². The summed E-state index contributed by atoms with van der Waals surface area (Å²) in [6, 6.07) is 6.13. The molecule has 1 amide bonds. The molecular formula is C19H24N4O3. The first-order valence-corrected chi connectivity index (χ1v) is 9.09. The predicted octanol–water partition coefficient (Wildman–Crippen LogP) is 2.23. The van der Waals surface area contributed by atoms with Crippen molar-refractivity contribution in [3.05, 3.63) is 36.2 Å². The summed E-state index contributed by atoms with van der Waals surface area (Å²) in [5, 5.41) is 8.39. The summed E-state index contributed by atoms with van der Waals surface area (Å²) in [7, 11) is 0. The molecule has 3 heterocycles. The third-order valence-corrected chi connectivity index (χ3v) is 4.99. The minimum Gasteiger partial charge on any atom is -0.483 e. The Morgan fingerprint density at radius 3 is 2.73 bits per heavy atom. The Labute approximate surface area is 152 Å². The van der Waals surface area contributed by atoms with E-state index in [0.717, 1.165) is 30.6 Å². The third-order valence-electron chi connectivity index (χ3n) is 4.99. The largest absolute Gasteiger partial charge is 0.483 e. The van der Waals surface area contributed by atoms with Crippen LogP contribution in [-0.2, 0) is 11.2 Å². The lowest BCUT2D eigenvalue weighted by molar-refractivity contribution is -0.134. The molecule has 0 bridgehead atoms. The highest BCUT2D eigenvalue weighted by atomic mass is 16.5.